The van der Waals surface area contributed by atoms with Crippen molar-refractivity contribution >= 4 is 39.9 Å². The molecule has 274 valence electrons. The van der Waals surface area contributed by atoms with E-state index < -0.39 is 0 Å². The zero-order chi connectivity index (χ0) is 37.0. The summed E-state index contributed by atoms with van der Waals surface area (Å²) in [6.07, 6.45) is 4.43. The number of aryl methyl sites for hydroxylation is 3. The van der Waals surface area contributed by atoms with E-state index in [0.29, 0.717) is 41.8 Å². The minimum atomic E-state index is -0.258. The van der Waals surface area contributed by atoms with E-state index in [4.69, 9.17) is 31.0 Å². The summed E-state index contributed by atoms with van der Waals surface area (Å²) in [7, 11) is 4.97. The Bertz CT molecular complexity index is 2330. The van der Waals surface area contributed by atoms with Gasteiger partial charge in [-0.05, 0) is 68.0 Å². The average molecular weight is 735 g/mol. The normalized spacial score (nSPS) is 19.7. The van der Waals surface area contributed by atoms with E-state index in [1.54, 1.807) is 27.5 Å². The van der Waals surface area contributed by atoms with Gasteiger partial charge in [0, 0.05) is 79.8 Å². The Hall–Kier alpha value is -5.04. The number of carbonyl (C=O) groups excluding carboxylic acids is 1. The Morgan fingerprint density at radius 2 is 1.83 bits per heavy atom. The quantitative estimate of drug-likeness (QED) is 0.183. The molecular formula is C40H43ClN8O4. The average Bonchev–Trinajstić information content (AvgIpc) is 3.85. The lowest BCUT2D eigenvalue weighted by molar-refractivity contribution is 0.158. The summed E-state index contributed by atoms with van der Waals surface area (Å²) in [5.41, 5.74) is 7.80. The number of hydrogen-bond acceptors (Lipinski definition) is 9. The molecule has 2 atom stereocenters. The number of anilines is 2. The second-order valence-electron chi connectivity index (χ2n) is 14.4. The van der Waals surface area contributed by atoms with Crippen molar-refractivity contribution in [2.24, 2.45) is 7.05 Å². The van der Waals surface area contributed by atoms with Gasteiger partial charge in [0.15, 0.2) is 0 Å². The standard InChI is InChI=1S/C40H43ClN8O4/c1-23-18-26-20-42-47(3)38(50)34(26)36(43-23)44-30-11-7-8-27(24(30)2)28-9-6-10-29(35(28)41)31-19-25-12-13-32(33(25)37(45-31)53-5)48-15-14-40(21-48)22-49(16-17-52-4)39(51)46-40/h6-11,18-20,32H,12-17,21-22H2,1-5H3,(H,43,44)(H,46,51)/t32-,40-/m0/s1. The number of carbonyl (C=O) groups is 1. The first-order chi connectivity index (χ1) is 25.6. The van der Waals surface area contributed by atoms with Crippen LogP contribution in [0.15, 0.2) is 59.5 Å². The van der Waals surface area contributed by atoms with Crippen molar-refractivity contribution in [3.63, 3.8) is 0 Å². The van der Waals surface area contributed by atoms with Crippen LogP contribution in [0.4, 0.5) is 16.3 Å². The summed E-state index contributed by atoms with van der Waals surface area (Å²) in [5.74, 6) is 1.10. The molecule has 0 bridgehead atoms. The molecule has 13 heteroatoms. The second-order valence-corrected chi connectivity index (χ2v) is 14.8. The molecule has 5 heterocycles. The molecule has 53 heavy (non-hydrogen) atoms. The summed E-state index contributed by atoms with van der Waals surface area (Å²) >= 11 is 7.28. The Morgan fingerprint density at radius 1 is 1.04 bits per heavy atom. The second kappa shape index (κ2) is 13.7. The molecule has 1 spiro atoms. The topological polar surface area (TPSA) is 127 Å². The van der Waals surface area contributed by atoms with Crippen LogP contribution < -0.4 is 20.9 Å². The first-order valence-electron chi connectivity index (χ1n) is 18.0. The Labute approximate surface area is 313 Å². The van der Waals surface area contributed by atoms with Gasteiger partial charge in [0.05, 0.1) is 41.6 Å². The van der Waals surface area contributed by atoms with Crippen molar-refractivity contribution in [3.8, 4) is 28.3 Å². The highest BCUT2D eigenvalue weighted by atomic mass is 35.5. The Kier molecular flexibility index (Phi) is 9.08. The summed E-state index contributed by atoms with van der Waals surface area (Å²) in [6, 6.07) is 16.2. The van der Waals surface area contributed by atoms with Gasteiger partial charge in [-0.2, -0.15) is 5.10 Å². The molecule has 2 amide bonds. The molecule has 12 nitrogen and oxygen atoms in total. The summed E-state index contributed by atoms with van der Waals surface area (Å²) < 4.78 is 12.5. The SMILES string of the molecule is COCCN1C[C@@]2(CCN([C@H]3CCc4cc(-c5cccc(-c6cccc(Nc7nc(C)cc8cnn(C)c(=O)c78)c6C)c5Cl)nc(OC)c43)C2)NC1=O. The van der Waals surface area contributed by atoms with Gasteiger partial charge in [-0.15, -0.1) is 0 Å². The van der Waals surface area contributed by atoms with E-state index in [9.17, 15) is 9.59 Å². The Balaban J connectivity index is 1.09. The monoisotopic (exact) mass is 734 g/mol. The van der Waals surface area contributed by atoms with Crippen LogP contribution in [-0.2, 0) is 18.2 Å². The molecule has 0 radical (unpaired) electrons. The maximum absolute atomic E-state index is 13.1. The van der Waals surface area contributed by atoms with E-state index in [0.717, 1.165) is 82.6 Å². The number of pyridine rings is 2. The Morgan fingerprint density at radius 3 is 2.64 bits per heavy atom. The molecular weight excluding hydrogens is 692 g/mol. The minimum Gasteiger partial charge on any atom is -0.481 e. The summed E-state index contributed by atoms with van der Waals surface area (Å²) in [5, 5.41) is 12.7. The van der Waals surface area contributed by atoms with Gasteiger partial charge in [0.25, 0.3) is 5.56 Å². The van der Waals surface area contributed by atoms with E-state index in [-0.39, 0.29) is 23.2 Å². The fourth-order valence-electron chi connectivity index (χ4n) is 8.41. The van der Waals surface area contributed by atoms with Crippen LogP contribution in [0.5, 0.6) is 5.88 Å². The van der Waals surface area contributed by atoms with Gasteiger partial charge < -0.3 is 25.0 Å². The van der Waals surface area contributed by atoms with Crippen LogP contribution in [-0.4, -0.2) is 88.1 Å². The van der Waals surface area contributed by atoms with Gasteiger partial charge in [-0.3, -0.25) is 9.69 Å². The van der Waals surface area contributed by atoms with E-state index in [1.165, 1.54) is 10.2 Å². The molecule has 8 rings (SSSR count). The van der Waals surface area contributed by atoms with Gasteiger partial charge in [-0.25, -0.2) is 19.4 Å². The molecule has 2 aliphatic heterocycles. The third-order valence-electron chi connectivity index (χ3n) is 11.1. The number of nitrogens with one attached hydrogen (secondary N) is 2. The number of ether oxygens (including phenoxy) is 2. The van der Waals surface area contributed by atoms with Crippen molar-refractivity contribution < 1.29 is 14.3 Å². The number of benzene rings is 2. The first kappa shape index (κ1) is 35.0. The van der Waals surface area contributed by atoms with Crippen LogP contribution in [0.1, 0.15) is 41.3 Å². The number of halogens is 1. The molecule has 0 saturated carbocycles. The molecule has 2 fully saturated rings. The van der Waals surface area contributed by atoms with E-state index >= 15 is 0 Å². The van der Waals surface area contributed by atoms with Crippen LogP contribution in [0, 0.1) is 13.8 Å². The van der Waals surface area contributed by atoms with Gasteiger partial charge in [0.2, 0.25) is 5.88 Å². The third-order valence-corrected chi connectivity index (χ3v) is 11.5. The smallest absolute Gasteiger partial charge is 0.318 e. The lowest BCUT2D eigenvalue weighted by atomic mass is 9.96. The maximum Gasteiger partial charge on any atom is 0.318 e. The minimum absolute atomic E-state index is 0.0151. The van der Waals surface area contributed by atoms with Gasteiger partial charge in [-0.1, -0.05) is 41.9 Å². The van der Waals surface area contributed by atoms with Crippen molar-refractivity contribution in [2.45, 2.75) is 44.7 Å². The number of methoxy groups -OCH3 is 2. The van der Waals surface area contributed by atoms with E-state index in [2.05, 4.69) is 26.7 Å². The lowest BCUT2D eigenvalue weighted by Gasteiger charge is -2.28. The summed E-state index contributed by atoms with van der Waals surface area (Å²) in [4.78, 5) is 40.0. The van der Waals surface area contributed by atoms with Crippen LogP contribution >= 0.6 is 11.6 Å². The molecule has 0 unspecified atom stereocenters. The van der Waals surface area contributed by atoms with Crippen LogP contribution in [0.2, 0.25) is 5.02 Å². The highest BCUT2D eigenvalue weighted by molar-refractivity contribution is 6.36. The predicted molar refractivity (Wildman–Crippen MR) is 206 cm³/mol. The molecule has 1 aliphatic carbocycles. The predicted octanol–water partition coefficient (Wildman–Crippen LogP) is 6.18. The van der Waals surface area contributed by atoms with Crippen molar-refractivity contribution in [3.05, 3.63) is 92.5 Å². The fourth-order valence-corrected chi connectivity index (χ4v) is 8.74. The van der Waals surface area contributed by atoms with Crippen molar-refractivity contribution in [1.82, 2.24) is 34.9 Å². The molecule has 3 aliphatic rings. The van der Waals surface area contributed by atoms with Crippen molar-refractivity contribution in [1.29, 1.82) is 0 Å². The molecule has 3 aromatic heterocycles. The first-order valence-corrected chi connectivity index (χ1v) is 18.3. The number of hydrogen-bond donors (Lipinski definition) is 2. The number of likely N-dealkylation sites (tertiary alicyclic amines) is 1. The van der Waals surface area contributed by atoms with Crippen LogP contribution in [0.25, 0.3) is 33.2 Å². The highest BCUT2D eigenvalue weighted by Crippen LogP contribution is 2.46. The molecule has 2 aromatic carbocycles. The zero-order valence-corrected chi connectivity index (χ0v) is 31.4. The third kappa shape index (κ3) is 6.18. The van der Waals surface area contributed by atoms with Gasteiger partial charge in [0.1, 0.15) is 5.82 Å². The maximum atomic E-state index is 13.1. The largest absolute Gasteiger partial charge is 0.481 e. The number of aromatic nitrogens is 4. The molecule has 5 aromatic rings. The number of rotatable bonds is 9. The summed E-state index contributed by atoms with van der Waals surface area (Å²) in [6.45, 7) is 7.40. The molecule has 2 saturated heterocycles. The van der Waals surface area contributed by atoms with Crippen LogP contribution in [0.3, 0.4) is 0 Å². The van der Waals surface area contributed by atoms with Gasteiger partial charge >= 0.3 is 6.03 Å². The zero-order valence-electron chi connectivity index (χ0n) is 30.6. The number of fused-ring (bicyclic) bond motifs is 2. The number of urea groups is 1. The molecule has 2 N–H and O–H groups in total. The van der Waals surface area contributed by atoms with Crippen molar-refractivity contribution in [2.75, 3.05) is 52.3 Å². The lowest BCUT2D eigenvalue weighted by Crippen LogP contribution is -2.46. The number of nitrogens with zero attached hydrogens (tertiary/aromatic N) is 6. The number of amides is 2. The fraction of sp³-hybridized carbons (Fsp3) is 0.375. The highest BCUT2D eigenvalue weighted by Gasteiger charge is 2.49. The van der Waals surface area contributed by atoms with E-state index in [1.807, 2.05) is 61.2 Å².